The number of phenolic OH excluding ortho intramolecular Hbond substituents is 2. The van der Waals surface area contributed by atoms with E-state index in [4.69, 9.17) is 0 Å². The average Bonchev–Trinajstić information content (AvgIpc) is 2.45. The summed E-state index contributed by atoms with van der Waals surface area (Å²) in [5, 5.41) is 24.2. The number of hydrogen-bond donors (Lipinski definition) is 3. The number of aromatic hydroxyl groups is 2. The van der Waals surface area contributed by atoms with Crippen molar-refractivity contribution < 1.29 is 10.2 Å². The number of hydrogen-bond acceptors (Lipinski definition) is 3. The van der Waals surface area contributed by atoms with Crippen molar-refractivity contribution in [3.05, 3.63) is 60.7 Å². The Balaban J connectivity index is 2.06. The van der Waals surface area contributed by atoms with Gasteiger partial charge in [-0.1, -0.05) is 24.3 Å². The Hall–Kier alpha value is -2.68. The Kier molecular flexibility index (Phi) is 2.72. The monoisotopic (exact) mass is 251 g/mol. The molecular weight excluding hydrogens is 238 g/mol. The summed E-state index contributed by atoms with van der Waals surface area (Å²) in [5.74, 6) is 0.507. The third-order valence-corrected chi connectivity index (χ3v) is 3.05. The van der Waals surface area contributed by atoms with Gasteiger partial charge < -0.3 is 15.5 Å². The third kappa shape index (κ3) is 2.18. The van der Waals surface area contributed by atoms with E-state index in [1.807, 2.05) is 30.3 Å². The largest absolute Gasteiger partial charge is 0.508 e. The summed E-state index contributed by atoms with van der Waals surface area (Å²) in [6, 6.07) is 18.0. The molecule has 0 aliphatic heterocycles. The molecule has 0 radical (unpaired) electrons. The van der Waals surface area contributed by atoms with Crippen molar-refractivity contribution in [1.29, 1.82) is 0 Å². The van der Waals surface area contributed by atoms with E-state index in [-0.39, 0.29) is 11.5 Å². The molecule has 3 heteroatoms. The Labute approximate surface area is 110 Å². The van der Waals surface area contributed by atoms with E-state index < -0.39 is 0 Å². The van der Waals surface area contributed by atoms with Gasteiger partial charge in [0.15, 0.2) is 0 Å². The van der Waals surface area contributed by atoms with E-state index in [9.17, 15) is 10.2 Å². The molecule has 0 unspecified atom stereocenters. The van der Waals surface area contributed by atoms with Crippen molar-refractivity contribution in [2.45, 2.75) is 0 Å². The van der Waals surface area contributed by atoms with Gasteiger partial charge in [0.25, 0.3) is 0 Å². The number of fused-ring (bicyclic) bond motifs is 1. The van der Waals surface area contributed by atoms with Crippen molar-refractivity contribution in [2.24, 2.45) is 0 Å². The van der Waals surface area contributed by atoms with Crippen LogP contribution in [0, 0.1) is 0 Å². The molecule has 0 saturated heterocycles. The zero-order valence-corrected chi connectivity index (χ0v) is 10.2. The smallest absolute Gasteiger partial charge is 0.123 e. The molecule has 0 spiro atoms. The molecule has 0 aliphatic carbocycles. The van der Waals surface area contributed by atoms with Gasteiger partial charge in [0, 0.05) is 22.1 Å². The van der Waals surface area contributed by atoms with Crippen LogP contribution in [0.15, 0.2) is 60.7 Å². The molecule has 19 heavy (non-hydrogen) atoms. The van der Waals surface area contributed by atoms with Gasteiger partial charge in [-0.15, -0.1) is 0 Å². The molecule has 0 heterocycles. The van der Waals surface area contributed by atoms with Gasteiger partial charge in [0.2, 0.25) is 0 Å². The molecule has 0 amide bonds. The lowest BCUT2D eigenvalue weighted by Crippen LogP contribution is -1.91. The summed E-state index contributed by atoms with van der Waals surface area (Å²) in [6.45, 7) is 0. The maximum absolute atomic E-state index is 9.84. The molecule has 3 aromatic carbocycles. The first kappa shape index (κ1) is 11.4. The van der Waals surface area contributed by atoms with Gasteiger partial charge in [0.05, 0.1) is 0 Å². The van der Waals surface area contributed by atoms with E-state index in [0.717, 1.165) is 22.1 Å². The molecule has 0 aromatic heterocycles. The van der Waals surface area contributed by atoms with Crippen LogP contribution in [0.1, 0.15) is 0 Å². The summed E-state index contributed by atoms with van der Waals surface area (Å²) < 4.78 is 0. The van der Waals surface area contributed by atoms with Crippen LogP contribution >= 0.6 is 0 Å². The molecule has 0 bridgehead atoms. The van der Waals surface area contributed by atoms with Crippen LogP contribution in [0.5, 0.6) is 11.5 Å². The van der Waals surface area contributed by atoms with Crippen LogP contribution in [0.2, 0.25) is 0 Å². The van der Waals surface area contributed by atoms with E-state index in [1.54, 1.807) is 30.3 Å². The molecule has 0 atom stereocenters. The van der Waals surface area contributed by atoms with Crippen LogP contribution in [-0.4, -0.2) is 10.2 Å². The SMILES string of the molecule is Oc1ccc(Nc2ccc(O)c3ccccc23)cc1. The highest BCUT2D eigenvalue weighted by Gasteiger charge is 2.04. The highest BCUT2D eigenvalue weighted by molar-refractivity contribution is 5.98. The van der Waals surface area contributed by atoms with Crippen molar-refractivity contribution in [2.75, 3.05) is 5.32 Å². The maximum Gasteiger partial charge on any atom is 0.123 e. The lowest BCUT2D eigenvalue weighted by Gasteiger charge is -2.11. The van der Waals surface area contributed by atoms with Gasteiger partial charge in [-0.05, 0) is 36.4 Å². The molecule has 3 rings (SSSR count). The summed E-state index contributed by atoms with van der Waals surface area (Å²) >= 11 is 0. The van der Waals surface area contributed by atoms with Crippen LogP contribution in [-0.2, 0) is 0 Å². The van der Waals surface area contributed by atoms with Gasteiger partial charge in [-0.2, -0.15) is 0 Å². The van der Waals surface area contributed by atoms with E-state index in [0.29, 0.717) is 0 Å². The van der Waals surface area contributed by atoms with E-state index in [1.165, 1.54) is 0 Å². The fourth-order valence-electron chi connectivity index (χ4n) is 2.09. The highest BCUT2D eigenvalue weighted by atomic mass is 16.3. The van der Waals surface area contributed by atoms with E-state index >= 15 is 0 Å². The van der Waals surface area contributed by atoms with Crippen LogP contribution in [0.4, 0.5) is 11.4 Å². The van der Waals surface area contributed by atoms with Gasteiger partial charge in [-0.3, -0.25) is 0 Å². The second kappa shape index (κ2) is 4.53. The fourth-order valence-corrected chi connectivity index (χ4v) is 2.09. The molecule has 3 N–H and O–H groups in total. The quantitative estimate of drug-likeness (QED) is 0.603. The fraction of sp³-hybridized carbons (Fsp3) is 0. The summed E-state index contributed by atoms with van der Waals surface area (Å²) in [4.78, 5) is 0. The molecule has 0 aliphatic rings. The Morgan fingerprint density at radius 1 is 0.684 bits per heavy atom. The van der Waals surface area contributed by atoms with Crippen molar-refractivity contribution in [3.8, 4) is 11.5 Å². The second-order valence-corrected chi connectivity index (χ2v) is 4.35. The lowest BCUT2D eigenvalue weighted by molar-refractivity contribution is 0.475. The zero-order valence-electron chi connectivity index (χ0n) is 10.2. The predicted molar refractivity (Wildman–Crippen MR) is 77.0 cm³/mol. The van der Waals surface area contributed by atoms with Crippen LogP contribution < -0.4 is 5.32 Å². The molecule has 0 saturated carbocycles. The van der Waals surface area contributed by atoms with E-state index in [2.05, 4.69) is 5.32 Å². The molecule has 3 aromatic rings. The molecular formula is C16H13NO2. The molecule has 3 nitrogen and oxygen atoms in total. The van der Waals surface area contributed by atoms with Crippen molar-refractivity contribution in [1.82, 2.24) is 0 Å². The minimum absolute atomic E-state index is 0.237. The van der Waals surface area contributed by atoms with Crippen molar-refractivity contribution >= 4 is 22.1 Å². The summed E-state index contributed by atoms with van der Waals surface area (Å²) in [6.07, 6.45) is 0. The third-order valence-electron chi connectivity index (χ3n) is 3.05. The standard InChI is InChI=1S/C16H13NO2/c18-12-7-5-11(6-8-12)17-15-9-10-16(19)14-4-2-1-3-13(14)15/h1-10,17-19H. The number of anilines is 2. The lowest BCUT2D eigenvalue weighted by atomic mass is 10.1. The van der Waals surface area contributed by atoms with Crippen molar-refractivity contribution in [3.63, 3.8) is 0 Å². The number of nitrogens with one attached hydrogen (secondary N) is 1. The molecule has 0 fully saturated rings. The number of phenols is 2. The van der Waals surface area contributed by atoms with Crippen LogP contribution in [0.3, 0.4) is 0 Å². The predicted octanol–water partition coefficient (Wildman–Crippen LogP) is 3.99. The Morgan fingerprint density at radius 3 is 2.11 bits per heavy atom. The van der Waals surface area contributed by atoms with Crippen LogP contribution in [0.25, 0.3) is 10.8 Å². The topological polar surface area (TPSA) is 52.5 Å². The van der Waals surface area contributed by atoms with Gasteiger partial charge in [-0.25, -0.2) is 0 Å². The summed E-state index contributed by atoms with van der Waals surface area (Å²) in [5.41, 5.74) is 1.80. The first-order valence-corrected chi connectivity index (χ1v) is 6.01. The average molecular weight is 251 g/mol. The van der Waals surface area contributed by atoms with Gasteiger partial charge in [0.1, 0.15) is 11.5 Å². The first-order chi connectivity index (χ1) is 9.24. The van der Waals surface area contributed by atoms with Gasteiger partial charge >= 0.3 is 0 Å². The molecule has 94 valence electrons. The zero-order chi connectivity index (χ0) is 13.2. The minimum Gasteiger partial charge on any atom is -0.508 e. The normalized spacial score (nSPS) is 10.5. The maximum atomic E-state index is 9.84. The number of benzene rings is 3. The number of rotatable bonds is 2. The first-order valence-electron chi connectivity index (χ1n) is 6.01. The Morgan fingerprint density at radius 2 is 1.37 bits per heavy atom. The highest BCUT2D eigenvalue weighted by Crippen LogP contribution is 2.32. The minimum atomic E-state index is 0.237. The Bertz CT molecular complexity index is 720. The second-order valence-electron chi connectivity index (χ2n) is 4.35. The summed E-state index contributed by atoms with van der Waals surface area (Å²) in [7, 11) is 0.